The number of benzene rings is 1. The molecule has 1 aromatic carbocycles. The Kier molecular flexibility index (Phi) is 7.48. The highest BCUT2D eigenvalue weighted by Gasteiger charge is 2.34. The van der Waals surface area contributed by atoms with Crippen molar-refractivity contribution in [1.29, 1.82) is 0 Å². The maximum absolute atomic E-state index is 13.3. The van der Waals surface area contributed by atoms with E-state index in [0.29, 0.717) is 30.9 Å². The van der Waals surface area contributed by atoms with Crippen LogP contribution in [0.5, 0.6) is 5.75 Å². The monoisotopic (exact) mass is 475 g/mol. The molecule has 184 valence electrons. The Bertz CT molecular complexity index is 1180. The third kappa shape index (κ3) is 5.70. The van der Waals surface area contributed by atoms with Gasteiger partial charge in [0.15, 0.2) is 0 Å². The normalized spacial score (nSPS) is 15.0. The third-order valence-electron chi connectivity index (χ3n) is 6.81. The number of likely N-dealkylation sites (tertiary alicyclic amines) is 1. The molecular weight excluding hydrogens is 442 g/mol. The second-order valence-electron chi connectivity index (χ2n) is 9.21. The van der Waals surface area contributed by atoms with Crippen LogP contribution in [-0.4, -0.2) is 69.7 Å². The molecule has 1 aliphatic rings. The molecule has 3 heterocycles. The quantitative estimate of drug-likeness (QED) is 0.523. The zero-order valence-electron chi connectivity index (χ0n) is 20.8. The van der Waals surface area contributed by atoms with Crippen molar-refractivity contribution in [1.82, 2.24) is 24.6 Å². The van der Waals surface area contributed by atoms with Gasteiger partial charge >= 0.3 is 0 Å². The van der Waals surface area contributed by atoms with E-state index in [-0.39, 0.29) is 23.8 Å². The number of carbonyl (C=O) groups excluding carboxylic acids is 2. The van der Waals surface area contributed by atoms with Crippen molar-refractivity contribution in [2.24, 2.45) is 13.0 Å². The molecule has 0 aliphatic carbocycles. The lowest BCUT2D eigenvalue weighted by atomic mass is 9.84. The molecule has 3 aromatic rings. The summed E-state index contributed by atoms with van der Waals surface area (Å²) >= 11 is 0. The molecule has 1 unspecified atom stereocenters. The van der Waals surface area contributed by atoms with Crippen LogP contribution >= 0.6 is 0 Å². The van der Waals surface area contributed by atoms with Gasteiger partial charge in [0, 0.05) is 45.1 Å². The van der Waals surface area contributed by atoms with Gasteiger partial charge in [0.1, 0.15) is 17.1 Å². The van der Waals surface area contributed by atoms with Gasteiger partial charge in [0.2, 0.25) is 0 Å². The number of ether oxygens (including phenoxy) is 1. The minimum atomic E-state index is -0.0963. The van der Waals surface area contributed by atoms with E-state index in [4.69, 9.17) is 4.74 Å². The molecule has 0 saturated carbocycles. The van der Waals surface area contributed by atoms with Crippen molar-refractivity contribution in [3.8, 4) is 5.75 Å². The van der Waals surface area contributed by atoms with Gasteiger partial charge in [-0.3, -0.25) is 14.3 Å². The standard InChI is InChI=1S/C27H33N5O3/c1-19-7-5-10-23(28-19)27(34)32-15-11-21(12-16-32)25(18-20-8-6-9-22(17-20)35-4)31(3)26(33)24-13-14-30(2)29-24/h5-10,13-14,17,21,25H,11-12,15-16,18H2,1-4H3. The predicted molar refractivity (Wildman–Crippen MR) is 133 cm³/mol. The van der Waals surface area contributed by atoms with E-state index < -0.39 is 0 Å². The first-order valence-electron chi connectivity index (χ1n) is 12.0. The zero-order chi connectivity index (χ0) is 24.9. The van der Waals surface area contributed by atoms with Gasteiger partial charge in [-0.1, -0.05) is 18.2 Å². The van der Waals surface area contributed by atoms with Crippen LogP contribution in [0.2, 0.25) is 0 Å². The number of amides is 2. The van der Waals surface area contributed by atoms with Crippen LogP contribution in [0.1, 0.15) is 45.1 Å². The van der Waals surface area contributed by atoms with Crippen molar-refractivity contribution in [2.75, 3.05) is 27.2 Å². The number of likely N-dealkylation sites (N-methyl/N-ethyl adjacent to an activating group) is 1. The second-order valence-corrected chi connectivity index (χ2v) is 9.21. The third-order valence-corrected chi connectivity index (χ3v) is 6.81. The first kappa shape index (κ1) is 24.4. The predicted octanol–water partition coefficient (Wildman–Crippen LogP) is 3.37. The average molecular weight is 476 g/mol. The number of pyridine rings is 1. The Balaban J connectivity index is 1.51. The van der Waals surface area contributed by atoms with Crippen LogP contribution in [0.25, 0.3) is 0 Å². The van der Waals surface area contributed by atoms with E-state index in [1.54, 1.807) is 37.2 Å². The summed E-state index contributed by atoms with van der Waals surface area (Å²) in [7, 11) is 5.32. The SMILES string of the molecule is COc1cccc(CC(C2CCN(C(=O)c3cccc(C)n3)CC2)N(C)C(=O)c2ccn(C)n2)c1. The molecule has 0 bridgehead atoms. The van der Waals surface area contributed by atoms with E-state index in [2.05, 4.69) is 16.1 Å². The summed E-state index contributed by atoms with van der Waals surface area (Å²) in [6.45, 7) is 3.17. The highest BCUT2D eigenvalue weighted by molar-refractivity contribution is 5.93. The van der Waals surface area contributed by atoms with Crippen molar-refractivity contribution in [3.63, 3.8) is 0 Å². The smallest absolute Gasteiger partial charge is 0.274 e. The van der Waals surface area contributed by atoms with E-state index in [1.807, 2.05) is 54.1 Å². The summed E-state index contributed by atoms with van der Waals surface area (Å²) in [5.41, 5.74) is 2.86. The van der Waals surface area contributed by atoms with Gasteiger partial charge in [-0.2, -0.15) is 5.10 Å². The molecule has 2 amide bonds. The Hall–Kier alpha value is -3.68. The zero-order valence-corrected chi connectivity index (χ0v) is 20.8. The van der Waals surface area contributed by atoms with Gasteiger partial charge in [-0.05, 0) is 68.0 Å². The fraction of sp³-hybridized carbons (Fsp3) is 0.407. The number of aryl methyl sites for hydroxylation is 2. The lowest BCUT2D eigenvalue weighted by Gasteiger charge is -2.40. The van der Waals surface area contributed by atoms with Crippen molar-refractivity contribution < 1.29 is 14.3 Å². The molecular formula is C27H33N5O3. The number of methoxy groups -OCH3 is 1. The minimum absolute atomic E-state index is 0.0330. The van der Waals surface area contributed by atoms with E-state index in [9.17, 15) is 9.59 Å². The van der Waals surface area contributed by atoms with E-state index >= 15 is 0 Å². The largest absolute Gasteiger partial charge is 0.497 e. The van der Waals surface area contributed by atoms with E-state index in [1.165, 1.54) is 0 Å². The maximum Gasteiger partial charge on any atom is 0.274 e. The van der Waals surface area contributed by atoms with E-state index in [0.717, 1.165) is 29.8 Å². The van der Waals surface area contributed by atoms with Crippen molar-refractivity contribution in [2.45, 2.75) is 32.2 Å². The fourth-order valence-electron chi connectivity index (χ4n) is 4.83. The molecule has 8 nitrogen and oxygen atoms in total. The van der Waals surface area contributed by atoms with Crippen LogP contribution < -0.4 is 4.74 Å². The molecule has 0 spiro atoms. The molecule has 1 fully saturated rings. The molecule has 0 radical (unpaired) electrons. The first-order chi connectivity index (χ1) is 16.9. The number of aromatic nitrogens is 3. The summed E-state index contributed by atoms with van der Waals surface area (Å²) < 4.78 is 7.05. The Labute approximate surface area is 206 Å². The van der Waals surface area contributed by atoms with Crippen molar-refractivity contribution >= 4 is 11.8 Å². The van der Waals surface area contributed by atoms with Crippen molar-refractivity contribution in [3.05, 3.63) is 77.4 Å². The molecule has 1 aliphatic heterocycles. The Morgan fingerprint density at radius 2 is 1.86 bits per heavy atom. The van der Waals surface area contributed by atoms with Gasteiger partial charge in [0.25, 0.3) is 11.8 Å². The maximum atomic E-state index is 13.3. The summed E-state index contributed by atoms with van der Waals surface area (Å²) in [5.74, 6) is 0.912. The summed E-state index contributed by atoms with van der Waals surface area (Å²) in [6.07, 6.45) is 4.10. The Morgan fingerprint density at radius 1 is 1.11 bits per heavy atom. The van der Waals surface area contributed by atoms with Crippen LogP contribution in [-0.2, 0) is 13.5 Å². The number of hydrogen-bond donors (Lipinski definition) is 0. The van der Waals surface area contributed by atoms with Gasteiger partial charge in [-0.25, -0.2) is 4.98 Å². The number of piperidine rings is 1. The lowest BCUT2D eigenvalue weighted by Crippen LogP contribution is -2.48. The second kappa shape index (κ2) is 10.7. The number of carbonyl (C=O) groups is 2. The van der Waals surface area contributed by atoms with Crippen LogP contribution in [0.15, 0.2) is 54.7 Å². The highest BCUT2D eigenvalue weighted by atomic mass is 16.5. The number of rotatable bonds is 7. The highest BCUT2D eigenvalue weighted by Crippen LogP contribution is 2.28. The first-order valence-corrected chi connectivity index (χ1v) is 12.0. The summed E-state index contributed by atoms with van der Waals surface area (Å²) in [6, 6.07) is 15.2. The van der Waals surface area contributed by atoms with Gasteiger partial charge in [0.05, 0.1) is 7.11 Å². The molecule has 35 heavy (non-hydrogen) atoms. The lowest BCUT2D eigenvalue weighted by molar-refractivity contribution is 0.0516. The van der Waals surface area contributed by atoms with Crippen LogP contribution in [0.4, 0.5) is 0 Å². The molecule has 0 N–H and O–H groups in total. The number of hydrogen-bond acceptors (Lipinski definition) is 5. The Morgan fingerprint density at radius 3 is 2.51 bits per heavy atom. The molecule has 1 atom stereocenters. The fourth-order valence-corrected chi connectivity index (χ4v) is 4.83. The van der Waals surface area contributed by atoms with Gasteiger partial charge < -0.3 is 14.5 Å². The number of nitrogens with zero attached hydrogens (tertiary/aromatic N) is 5. The van der Waals surface area contributed by atoms with Crippen LogP contribution in [0, 0.1) is 12.8 Å². The van der Waals surface area contributed by atoms with Crippen LogP contribution in [0.3, 0.4) is 0 Å². The molecule has 1 saturated heterocycles. The molecule has 2 aromatic heterocycles. The summed E-state index contributed by atoms with van der Waals surface area (Å²) in [5, 5.41) is 4.32. The molecule has 4 rings (SSSR count). The van der Waals surface area contributed by atoms with Gasteiger partial charge in [-0.15, -0.1) is 0 Å². The minimum Gasteiger partial charge on any atom is -0.497 e. The summed E-state index contributed by atoms with van der Waals surface area (Å²) in [4.78, 5) is 34.4. The molecule has 8 heteroatoms. The average Bonchev–Trinajstić information content (AvgIpc) is 3.32. The topological polar surface area (TPSA) is 80.6 Å².